The van der Waals surface area contributed by atoms with Crippen molar-refractivity contribution in [3.63, 3.8) is 0 Å². The van der Waals surface area contributed by atoms with Crippen molar-refractivity contribution in [2.24, 2.45) is 0 Å². The molecule has 1 N–H and O–H groups in total. The Morgan fingerprint density at radius 2 is 2.05 bits per heavy atom. The van der Waals surface area contributed by atoms with Gasteiger partial charge in [-0.2, -0.15) is 0 Å². The number of benzene rings is 1. The van der Waals surface area contributed by atoms with Crippen LogP contribution < -0.4 is 5.32 Å². The lowest BCUT2D eigenvalue weighted by molar-refractivity contribution is 0.102. The van der Waals surface area contributed by atoms with Gasteiger partial charge in [0.05, 0.1) is 16.1 Å². The lowest BCUT2D eigenvalue weighted by Crippen LogP contribution is -1.93. The highest BCUT2D eigenvalue weighted by molar-refractivity contribution is 7.18. The minimum atomic E-state index is 0.0203. The number of rotatable bonds is 3. The smallest absolute Gasteiger partial charge is 0.183 e. The summed E-state index contributed by atoms with van der Waals surface area (Å²) >= 11 is 1.37. The van der Waals surface area contributed by atoms with Crippen LogP contribution in [0.1, 0.15) is 16.6 Å². The van der Waals surface area contributed by atoms with Crippen LogP contribution in [0.5, 0.6) is 0 Å². The molecule has 20 heavy (non-hydrogen) atoms. The van der Waals surface area contributed by atoms with Crippen molar-refractivity contribution in [1.82, 2.24) is 9.97 Å². The molecule has 5 heteroatoms. The standard InChI is InChI=1S/C15H13N3OS/c1-9(19)14-13(18-15(16-2)20-14)11-7-3-5-10-6-4-8-17-12(10)11/h3-8H,1-2H3,(H,16,18). The van der Waals surface area contributed by atoms with Gasteiger partial charge in [0.2, 0.25) is 0 Å². The van der Waals surface area contributed by atoms with E-state index in [-0.39, 0.29) is 5.78 Å². The number of aromatic nitrogens is 2. The number of nitrogens with one attached hydrogen (secondary N) is 1. The molecule has 2 aromatic heterocycles. The second-order valence-corrected chi connectivity index (χ2v) is 5.38. The van der Waals surface area contributed by atoms with Crippen LogP contribution in [0.3, 0.4) is 0 Å². The molecule has 0 unspecified atom stereocenters. The van der Waals surface area contributed by atoms with Gasteiger partial charge in [0.15, 0.2) is 10.9 Å². The summed E-state index contributed by atoms with van der Waals surface area (Å²) in [5, 5.41) is 4.77. The third-order valence-corrected chi connectivity index (χ3v) is 4.22. The number of para-hydroxylation sites is 1. The van der Waals surface area contributed by atoms with Gasteiger partial charge >= 0.3 is 0 Å². The Balaban J connectivity index is 2.30. The zero-order valence-electron chi connectivity index (χ0n) is 11.2. The number of anilines is 1. The zero-order valence-corrected chi connectivity index (χ0v) is 12.0. The third kappa shape index (κ3) is 2.06. The molecule has 0 aliphatic rings. The van der Waals surface area contributed by atoms with Crippen molar-refractivity contribution in [2.75, 3.05) is 12.4 Å². The van der Waals surface area contributed by atoms with Crippen LogP contribution in [-0.2, 0) is 0 Å². The number of Topliss-reactive ketones (excluding diaryl/α,β-unsaturated/α-hetero) is 1. The molecule has 0 amide bonds. The summed E-state index contributed by atoms with van der Waals surface area (Å²) in [4.78, 5) is 21.4. The van der Waals surface area contributed by atoms with E-state index in [1.54, 1.807) is 20.2 Å². The minimum Gasteiger partial charge on any atom is -0.365 e. The summed E-state index contributed by atoms with van der Waals surface area (Å²) in [6, 6.07) is 9.82. The molecule has 0 radical (unpaired) electrons. The average Bonchev–Trinajstić information content (AvgIpc) is 2.91. The predicted octanol–water partition coefficient (Wildman–Crippen LogP) is 3.60. The molecule has 0 aliphatic heterocycles. The molecule has 0 bridgehead atoms. The quantitative estimate of drug-likeness (QED) is 0.746. The number of hydrogen-bond acceptors (Lipinski definition) is 5. The number of carbonyl (C=O) groups is 1. The highest BCUT2D eigenvalue weighted by atomic mass is 32.1. The first-order valence-electron chi connectivity index (χ1n) is 6.24. The van der Waals surface area contributed by atoms with Gasteiger partial charge in [-0.15, -0.1) is 0 Å². The lowest BCUT2D eigenvalue weighted by atomic mass is 10.1. The highest BCUT2D eigenvalue weighted by Crippen LogP contribution is 2.34. The van der Waals surface area contributed by atoms with E-state index in [2.05, 4.69) is 15.3 Å². The Morgan fingerprint density at radius 1 is 1.25 bits per heavy atom. The Hall–Kier alpha value is -2.27. The molecule has 100 valence electrons. The van der Waals surface area contributed by atoms with E-state index >= 15 is 0 Å². The van der Waals surface area contributed by atoms with Gasteiger partial charge in [-0.05, 0) is 6.07 Å². The first kappa shape index (κ1) is 12.7. The Labute approximate surface area is 120 Å². The third-order valence-electron chi connectivity index (χ3n) is 3.05. The monoisotopic (exact) mass is 283 g/mol. The molecule has 1 aromatic carbocycles. The van der Waals surface area contributed by atoms with E-state index in [0.29, 0.717) is 10.6 Å². The minimum absolute atomic E-state index is 0.0203. The second kappa shape index (κ2) is 5.02. The van der Waals surface area contributed by atoms with Gasteiger partial charge < -0.3 is 5.32 Å². The van der Waals surface area contributed by atoms with Crippen LogP contribution in [-0.4, -0.2) is 22.8 Å². The van der Waals surface area contributed by atoms with Crippen molar-refractivity contribution in [1.29, 1.82) is 0 Å². The van der Waals surface area contributed by atoms with Crippen molar-refractivity contribution < 1.29 is 4.79 Å². The maximum Gasteiger partial charge on any atom is 0.183 e. The molecule has 3 aromatic rings. The summed E-state index contributed by atoms with van der Waals surface area (Å²) in [5.74, 6) is 0.0203. The van der Waals surface area contributed by atoms with Gasteiger partial charge in [0, 0.05) is 31.1 Å². The fourth-order valence-corrected chi connectivity index (χ4v) is 2.97. The normalized spacial score (nSPS) is 10.7. The van der Waals surface area contributed by atoms with E-state index in [9.17, 15) is 4.79 Å². The van der Waals surface area contributed by atoms with Crippen molar-refractivity contribution in [3.05, 3.63) is 41.4 Å². The first-order valence-corrected chi connectivity index (χ1v) is 7.06. The first-order chi connectivity index (χ1) is 9.70. The second-order valence-electron chi connectivity index (χ2n) is 4.38. The van der Waals surface area contributed by atoms with Crippen molar-refractivity contribution in [2.45, 2.75) is 6.92 Å². The predicted molar refractivity (Wildman–Crippen MR) is 82.4 cm³/mol. The van der Waals surface area contributed by atoms with E-state index in [0.717, 1.165) is 21.6 Å². The number of carbonyl (C=O) groups excluding carboxylic acids is 1. The fourth-order valence-electron chi connectivity index (χ4n) is 2.14. The van der Waals surface area contributed by atoms with Crippen LogP contribution in [0.2, 0.25) is 0 Å². The number of ketones is 1. The number of thiazole rings is 1. The number of pyridine rings is 1. The number of nitrogens with zero attached hydrogens (tertiary/aromatic N) is 2. The molecule has 0 aliphatic carbocycles. The molecule has 0 saturated heterocycles. The molecule has 2 heterocycles. The van der Waals surface area contributed by atoms with E-state index in [4.69, 9.17) is 0 Å². The summed E-state index contributed by atoms with van der Waals surface area (Å²) in [6.07, 6.45) is 1.75. The fraction of sp³-hybridized carbons (Fsp3) is 0.133. The molecule has 0 atom stereocenters. The molecule has 0 fully saturated rings. The average molecular weight is 283 g/mol. The summed E-state index contributed by atoms with van der Waals surface area (Å²) in [7, 11) is 1.80. The topological polar surface area (TPSA) is 54.9 Å². The maximum absolute atomic E-state index is 11.8. The van der Waals surface area contributed by atoms with Gasteiger partial charge in [0.25, 0.3) is 0 Å². The Bertz CT molecular complexity index is 789. The molecule has 3 rings (SSSR count). The van der Waals surface area contributed by atoms with Crippen molar-refractivity contribution in [3.8, 4) is 11.3 Å². The largest absolute Gasteiger partial charge is 0.365 e. The van der Waals surface area contributed by atoms with Gasteiger partial charge in [0.1, 0.15) is 0 Å². The lowest BCUT2D eigenvalue weighted by Gasteiger charge is -2.04. The van der Waals surface area contributed by atoms with E-state index in [1.165, 1.54) is 11.3 Å². The maximum atomic E-state index is 11.8. The summed E-state index contributed by atoms with van der Waals surface area (Å²) in [6.45, 7) is 1.56. The van der Waals surface area contributed by atoms with Gasteiger partial charge in [-0.25, -0.2) is 4.98 Å². The van der Waals surface area contributed by atoms with Crippen LogP contribution in [0, 0.1) is 0 Å². The molecule has 4 nitrogen and oxygen atoms in total. The van der Waals surface area contributed by atoms with Crippen LogP contribution >= 0.6 is 11.3 Å². The zero-order chi connectivity index (χ0) is 14.1. The van der Waals surface area contributed by atoms with Crippen LogP contribution in [0.15, 0.2) is 36.5 Å². The number of hydrogen-bond donors (Lipinski definition) is 1. The SMILES string of the molecule is CNc1nc(-c2cccc3cccnc23)c(C(C)=O)s1. The Kier molecular flexibility index (Phi) is 3.20. The molecular weight excluding hydrogens is 270 g/mol. The van der Waals surface area contributed by atoms with Gasteiger partial charge in [-0.3, -0.25) is 9.78 Å². The highest BCUT2D eigenvalue weighted by Gasteiger charge is 2.18. The van der Waals surface area contributed by atoms with Crippen LogP contribution in [0.4, 0.5) is 5.13 Å². The number of fused-ring (bicyclic) bond motifs is 1. The van der Waals surface area contributed by atoms with Crippen molar-refractivity contribution >= 4 is 33.2 Å². The Morgan fingerprint density at radius 3 is 2.80 bits per heavy atom. The summed E-state index contributed by atoms with van der Waals surface area (Å²) < 4.78 is 0. The molecule has 0 saturated carbocycles. The van der Waals surface area contributed by atoms with E-state index < -0.39 is 0 Å². The van der Waals surface area contributed by atoms with E-state index in [1.807, 2.05) is 30.3 Å². The van der Waals surface area contributed by atoms with Gasteiger partial charge in [-0.1, -0.05) is 35.6 Å². The molecule has 0 spiro atoms. The molecular formula is C15H13N3OS. The summed E-state index contributed by atoms with van der Waals surface area (Å²) in [5.41, 5.74) is 2.47. The van der Waals surface area contributed by atoms with Crippen LogP contribution in [0.25, 0.3) is 22.2 Å².